The van der Waals surface area contributed by atoms with Crippen molar-refractivity contribution in [2.45, 2.75) is 30.7 Å². The number of rotatable bonds is 13. The lowest BCUT2D eigenvalue weighted by atomic mass is 9.73. The van der Waals surface area contributed by atoms with Gasteiger partial charge in [-0.1, -0.05) is 103 Å². The number of ketones is 1. The highest BCUT2D eigenvalue weighted by Gasteiger charge is 2.45. The minimum atomic E-state index is -1.90. The molecule has 0 aliphatic rings. The molecular formula is C33H33NO5. The van der Waals surface area contributed by atoms with Crippen molar-refractivity contribution < 1.29 is 24.2 Å². The maximum Gasteiger partial charge on any atom is 0.306 e. The number of carbonyl (C=O) groups excluding carboxylic acids is 1. The summed E-state index contributed by atoms with van der Waals surface area (Å²) in [6, 6.07) is 33.7. The van der Waals surface area contributed by atoms with Crippen molar-refractivity contribution in [1.29, 1.82) is 0 Å². The van der Waals surface area contributed by atoms with Crippen LogP contribution in [-0.2, 0) is 21.5 Å². The van der Waals surface area contributed by atoms with Gasteiger partial charge in [-0.15, -0.1) is 0 Å². The predicted octanol–water partition coefficient (Wildman–Crippen LogP) is 5.74. The lowest BCUT2D eigenvalue weighted by molar-refractivity contribution is -0.141. The molecule has 0 fully saturated rings. The number of para-hydroxylation sites is 1. The van der Waals surface area contributed by atoms with Crippen LogP contribution in [0.1, 0.15) is 41.0 Å². The molecule has 1 atom stereocenters. The Morgan fingerprint density at radius 1 is 0.821 bits per heavy atom. The van der Waals surface area contributed by atoms with Crippen molar-refractivity contribution in [3.8, 4) is 11.5 Å². The molecular weight excluding hydrogens is 490 g/mol. The average Bonchev–Trinajstić information content (AvgIpc) is 2.96. The van der Waals surface area contributed by atoms with E-state index in [-0.39, 0.29) is 11.3 Å². The quantitative estimate of drug-likeness (QED) is 0.217. The summed E-state index contributed by atoms with van der Waals surface area (Å²) in [5, 5.41) is 9.94. The van der Waals surface area contributed by atoms with Gasteiger partial charge < -0.3 is 20.3 Å². The van der Waals surface area contributed by atoms with Crippen LogP contribution in [0.25, 0.3) is 0 Å². The van der Waals surface area contributed by atoms with Crippen LogP contribution < -0.4 is 15.2 Å². The number of benzene rings is 4. The summed E-state index contributed by atoms with van der Waals surface area (Å²) in [5.74, 6) is -1.75. The predicted molar refractivity (Wildman–Crippen MR) is 151 cm³/mol. The van der Waals surface area contributed by atoms with Crippen LogP contribution >= 0.6 is 0 Å². The smallest absolute Gasteiger partial charge is 0.306 e. The minimum absolute atomic E-state index is 0.282. The second-order valence-electron chi connectivity index (χ2n) is 9.44. The van der Waals surface area contributed by atoms with Gasteiger partial charge in [0.05, 0.1) is 26.1 Å². The standard InChI is InChI=1S/C33H33NO5/c1-38-28-21-11-20-27(31(28)39-22-12-15-24-13-5-2-6-14-24)33(34,23-29(35)36)32(37)30(25-16-7-3-8-17-25)26-18-9-4-10-19-26/h2-11,13-14,16-21,30H,12,15,22-23,34H2,1H3,(H,35,36). The number of Topliss-reactive ketones (excluding diaryl/α,β-unsaturated/α-hetero) is 1. The molecule has 0 aliphatic carbocycles. The molecule has 0 amide bonds. The maximum absolute atomic E-state index is 14.5. The Balaban J connectivity index is 1.74. The zero-order chi connectivity index (χ0) is 27.7. The third-order valence-corrected chi connectivity index (χ3v) is 6.78. The number of carboxylic acids is 1. The number of hydrogen-bond donors (Lipinski definition) is 2. The number of nitrogens with two attached hydrogens (primary N) is 1. The monoisotopic (exact) mass is 523 g/mol. The third-order valence-electron chi connectivity index (χ3n) is 6.78. The van der Waals surface area contributed by atoms with Gasteiger partial charge in [-0.3, -0.25) is 9.59 Å². The molecule has 200 valence electrons. The van der Waals surface area contributed by atoms with Crippen molar-refractivity contribution in [2.24, 2.45) is 5.73 Å². The zero-order valence-corrected chi connectivity index (χ0v) is 22.0. The van der Waals surface area contributed by atoms with E-state index in [0.29, 0.717) is 18.8 Å². The SMILES string of the molecule is COc1cccc(C(N)(CC(=O)O)C(=O)C(c2ccccc2)c2ccccc2)c1OCCCc1ccccc1. The highest BCUT2D eigenvalue weighted by molar-refractivity contribution is 6.00. The highest BCUT2D eigenvalue weighted by Crippen LogP contribution is 2.42. The summed E-state index contributed by atoms with van der Waals surface area (Å²) in [6.07, 6.45) is 0.898. The molecule has 0 heterocycles. The number of methoxy groups -OCH3 is 1. The summed E-state index contributed by atoms with van der Waals surface area (Å²) in [5.41, 5.74) is 7.91. The van der Waals surface area contributed by atoms with E-state index in [9.17, 15) is 14.7 Å². The van der Waals surface area contributed by atoms with Crippen LogP contribution in [0.2, 0.25) is 0 Å². The van der Waals surface area contributed by atoms with Crippen LogP contribution in [0, 0.1) is 0 Å². The van der Waals surface area contributed by atoms with Crippen LogP contribution in [0.4, 0.5) is 0 Å². The van der Waals surface area contributed by atoms with Crippen LogP contribution in [0.5, 0.6) is 11.5 Å². The van der Waals surface area contributed by atoms with Gasteiger partial charge in [-0.25, -0.2) is 0 Å². The highest BCUT2D eigenvalue weighted by atomic mass is 16.5. The van der Waals surface area contributed by atoms with Crippen LogP contribution in [-0.4, -0.2) is 30.6 Å². The van der Waals surface area contributed by atoms with Gasteiger partial charge in [0, 0.05) is 5.56 Å². The Kier molecular flexibility index (Phi) is 9.13. The van der Waals surface area contributed by atoms with Gasteiger partial charge in [0.25, 0.3) is 0 Å². The van der Waals surface area contributed by atoms with Crippen LogP contribution in [0.15, 0.2) is 109 Å². The largest absolute Gasteiger partial charge is 0.493 e. The first-order valence-corrected chi connectivity index (χ1v) is 12.9. The minimum Gasteiger partial charge on any atom is -0.493 e. The van der Waals surface area contributed by atoms with Gasteiger partial charge >= 0.3 is 5.97 Å². The van der Waals surface area contributed by atoms with Crippen molar-refractivity contribution >= 4 is 11.8 Å². The number of aliphatic carboxylic acids is 1. The Labute approximate surface area is 229 Å². The van der Waals surface area contributed by atoms with E-state index in [1.165, 1.54) is 12.7 Å². The molecule has 4 aromatic rings. The lowest BCUT2D eigenvalue weighted by Gasteiger charge is -2.33. The molecule has 0 aromatic heterocycles. The average molecular weight is 524 g/mol. The first-order chi connectivity index (χ1) is 18.9. The van der Waals surface area contributed by atoms with Crippen molar-refractivity contribution in [3.05, 3.63) is 131 Å². The Morgan fingerprint density at radius 2 is 1.38 bits per heavy atom. The van der Waals surface area contributed by atoms with E-state index in [4.69, 9.17) is 15.2 Å². The molecule has 0 bridgehead atoms. The Morgan fingerprint density at radius 3 is 1.92 bits per heavy atom. The fraction of sp³-hybridized carbons (Fsp3) is 0.212. The molecule has 4 aromatic carbocycles. The van der Waals surface area contributed by atoms with E-state index < -0.39 is 29.6 Å². The Bertz CT molecular complexity index is 1340. The molecule has 0 saturated carbocycles. The van der Waals surface area contributed by atoms with E-state index in [2.05, 4.69) is 12.1 Å². The van der Waals surface area contributed by atoms with Gasteiger partial charge in [-0.05, 0) is 35.6 Å². The molecule has 39 heavy (non-hydrogen) atoms. The fourth-order valence-corrected chi connectivity index (χ4v) is 4.87. The molecule has 1 unspecified atom stereocenters. The molecule has 4 rings (SSSR count). The normalized spacial score (nSPS) is 12.5. The number of aryl methyl sites for hydroxylation is 1. The number of ether oxygens (including phenoxy) is 2. The van der Waals surface area contributed by atoms with Crippen molar-refractivity contribution in [1.82, 2.24) is 0 Å². The Hall–Kier alpha value is -4.42. The first kappa shape index (κ1) is 27.6. The number of carboxylic acid groups (broad SMARTS) is 1. The molecule has 0 saturated heterocycles. The molecule has 0 aliphatic heterocycles. The second-order valence-corrected chi connectivity index (χ2v) is 9.44. The molecule has 0 spiro atoms. The summed E-state index contributed by atoms with van der Waals surface area (Å²) in [4.78, 5) is 26.7. The van der Waals surface area contributed by atoms with Gasteiger partial charge in [0.2, 0.25) is 0 Å². The third kappa shape index (κ3) is 6.54. The van der Waals surface area contributed by atoms with Gasteiger partial charge in [0.15, 0.2) is 17.3 Å². The summed E-state index contributed by atoms with van der Waals surface area (Å²) in [6.45, 7) is 0.334. The zero-order valence-electron chi connectivity index (χ0n) is 22.0. The van der Waals surface area contributed by atoms with Gasteiger partial charge in [-0.2, -0.15) is 0 Å². The van der Waals surface area contributed by atoms with Crippen molar-refractivity contribution in [2.75, 3.05) is 13.7 Å². The topological polar surface area (TPSA) is 98.9 Å². The summed E-state index contributed by atoms with van der Waals surface area (Å²) >= 11 is 0. The maximum atomic E-state index is 14.5. The van der Waals surface area contributed by atoms with Crippen molar-refractivity contribution in [3.63, 3.8) is 0 Å². The van der Waals surface area contributed by atoms with E-state index in [0.717, 1.165) is 17.5 Å². The van der Waals surface area contributed by atoms with Crippen LogP contribution in [0.3, 0.4) is 0 Å². The summed E-state index contributed by atoms with van der Waals surface area (Å²) in [7, 11) is 1.50. The number of hydrogen-bond acceptors (Lipinski definition) is 5. The molecule has 3 N–H and O–H groups in total. The lowest BCUT2D eigenvalue weighted by Crippen LogP contribution is -2.49. The fourth-order valence-electron chi connectivity index (χ4n) is 4.87. The molecule has 0 radical (unpaired) electrons. The summed E-state index contributed by atoms with van der Waals surface area (Å²) < 4.78 is 11.8. The van der Waals surface area contributed by atoms with E-state index in [1.54, 1.807) is 18.2 Å². The molecule has 6 heteroatoms. The first-order valence-electron chi connectivity index (χ1n) is 12.9. The van der Waals surface area contributed by atoms with E-state index in [1.807, 2.05) is 78.9 Å². The number of carbonyl (C=O) groups is 2. The second kappa shape index (κ2) is 12.9. The van der Waals surface area contributed by atoms with Gasteiger partial charge in [0.1, 0.15) is 5.54 Å². The molecule has 6 nitrogen and oxygen atoms in total. The van der Waals surface area contributed by atoms with E-state index >= 15 is 0 Å².